The number of nitrogens with zero attached hydrogens (tertiary/aromatic N) is 1. The van der Waals surface area contributed by atoms with E-state index in [1.54, 1.807) is 0 Å². The van der Waals surface area contributed by atoms with Gasteiger partial charge in [0.2, 0.25) is 5.91 Å². The highest BCUT2D eigenvalue weighted by Crippen LogP contribution is 2.17. The minimum atomic E-state index is -3.53. The molecule has 1 aromatic heterocycles. The first kappa shape index (κ1) is 15.0. The average Bonchev–Trinajstić information content (AvgIpc) is 3.05. The minimum absolute atomic E-state index is 0.133. The number of hydrogen-bond acceptors (Lipinski definition) is 4. The van der Waals surface area contributed by atoms with Gasteiger partial charge in [0, 0.05) is 6.04 Å². The van der Waals surface area contributed by atoms with Crippen molar-refractivity contribution in [3.63, 3.8) is 0 Å². The molecule has 1 amide bonds. The quantitative estimate of drug-likeness (QED) is 0.873. The third-order valence-electron chi connectivity index (χ3n) is 3.87. The Bertz CT molecular complexity index is 743. The molecule has 1 saturated carbocycles. The predicted octanol–water partition coefficient (Wildman–Crippen LogP) is 1.54. The molecule has 2 aromatic rings. The van der Waals surface area contributed by atoms with E-state index >= 15 is 0 Å². The number of carbonyl (C=O) groups excluding carboxylic acids is 1. The van der Waals surface area contributed by atoms with Crippen molar-refractivity contribution in [3.8, 4) is 0 Å². The molecule has 2 N–H and O–H groups in total. The van der Waals surface area contributed by atoms with Crippen molar-refractivity contribution in [3.05, 3.63) is 30.1 Å². The molecule has 0 spiro atoms. The lowest BCUT2D eigenvalue weighted by atomic mass is 10.2. The number of para-hydroxylation sites is 2. The summed E-state index contributed by atoms with van der Waals surface area (Å²) >= 11 is 0. The molecule has 1 aliphatic carbocycles. The van der Waals surface area contributed by atoms with Crippen LogP contribution in [0.1, 0.15) is 31.5 Å². The molecule has 1 heterocycles. The van der Waals surface area contributed by atoms with Crippen molar-refractivity contribution in [2.24, 2.45) is 0 Å². The fourth-order valence-corrected chi connectivity index (χ4v) is 4.01. The molecule has 3 rings (SSSR count). The predicted molar refractivity (Wildman–Crippen MR) is 84.0 cm³/mol. The van der Waals surface area contributed by atoms with Gasteiger partial charge >= 0.3 is 0 Å². The largest absolute Gasteiger partial charge is 0.352 e. The molecule has 0 radical (unpaired) electrons. The monoisotopic (exact) mass is 321 g/mol. The Kier molecular flexibility index (Phi) is 4.15. The van der Waals surface area contributed by atoms with Crippen molar-refractivity contribution in [1.82, 2.24) is 15.3 Å². The molecule has 1 aliphatic rings. The molecule has 1 fully saturated rings. The lowest BCUT2D eigenvalue weighted by Crippen LogP contribution is -2.37. The number of hydrogen-bond donors (Lipinski definition) is 2. The second-order valence-electron chi connectivity index (χ2n) is 5.78. The normalized spacial score (nSPS) is 16.2. The first-order valence-electron chi connectivity index (χ1n) is 7.45. The third kappa shape index (κ3) is 3.65. The standard InChI is InChI=1S/C15H19N3O3S/c19-15(16-11-5-1-2-6-11)10-22(20,21)9-14-17-12-7-3-4-8-13(12)18-14/h3-4,7-8,11H,1-2,5-6,9-10H2,(H,16,19)(H,17,18). The highest BCUT2D eigenvalue weighted by atomic mass is 32.2. The summed E-state index contributed by atoms with van der Waals surface area (Å²) in [6, 6.07) is 7.48. The van der Waals surface area contributed by atoms with Crippen molar-refractivity contribution in [2.45, 2.75) is 37.5 Å². The number of benzene rings is 1. The maximum atomic E-state index is 12.1. The molecule has 6 nitrogen and oxygen atoms in total. The summed E-state index contributed by atoms with van der Waals surface area (Å²) in [5.41, 5.74) is 1.52. The Hall–Kier alpha value is -1.89. The first-order valence-corrected chi connectivity index (χ1v) is 9.27. The van der Waals surface area contributed by atoms with Crippen molar-refractivity contribution < 1.29 is 13.2 Å². The number of amides is 1. The van der Waals surface area contributed by atoms with Crippen molar-refractivity contribution in [2.75, 3.05) is 5.75 Å². The molecule has 7 heteroatoms. The van der Waals surface area contributed by atoms with E-state index in [0.717, 1.165) is 36.7 Å². The lowest BCUT2D eigenvalue weighted by molar-refractivity contribution is -0.119. The SMILES string of the molecule is O=C(CS(=O)(=O)Cc1nc2ccccc2[nH]1)NC1CCCC1. The van der Waals surface area contributed by atoms with Crippen LogP contribution in [0.4, 0.5) is 0 Å². The summed E-state index contributed by atoms with van der Waals surface area (Å²) in [5.74, 6) is -0.779. The highest BCUT2D eigenvalue weighted by molar-refractivity contribution is 7.91. The second-order valence-corrected chi connectivity index (χ2v) is 7.85. The van der Waals surface area contributed by atoms with Gasteiger partial charge in [0.05, 0.1) is 11.0 Å². The maximum Gasteiger partial charge on any atom is 0.235 e. The van der Waals surface area contributed by atoms with E-state index in [1.807, 2.05) is 24.3 Å². The van der Waals surface area contributed by atoms with Gasteiger partial charge < -0.3 is 10.3 Å². The number of aromatic nitrogens is 2. The third-order valence-corrected chi connectivity index (χ3v) is 5.28. The lowest BCUT2D eigenvalue weighted by Gasteiger charge is -2.11. The summed E-state index contributed by atoms with van der Waals surface area (Å²) in [6.07, 6.45) is 4.07. The molecule has 0 saturated heterocycles. The smallest absolute Gasteiger partial charge is 0.235 e. The fraction of sp³-hybridized carbons (Fsp3) is 0.467. The van der Waals surface area contributed by atoms with Gasteiger partial charge in [-0.1, -0.05) is 25.0 Å². The van der Waals surface area contributed by atoms with Crippen LogP contribution in [0.15, 0.2) is 24.3 Å². The van der Waals surface area contributed by atoms with Crippen LogP contribution in [0.25, 0.3) is 11.0 Å². The zero-order chi connectivity index (χ0) is 15.6. The molecule has 1 aromatic carbocycles. The minimum Gasteiger partial charge on any atom is -0.352 e. The fourth-order valence-electron chi connectivity index (χ4n) is 2.87. The number of fused-ring (bicyclic) bond motifs is 1. The van der Waals surface area contributed by atoms with Crippen LogP contribution in [-0.2, 0) is 20.4 Å². The van der Waals surface area contributed by atoms with E-state index in [0.29, 0.717) is 5.82 Å². The molecule has 0 atom stereocenters. The molecule has 118 valence electrons. The van der Waals surface area contributed by atoms with E-state index < -0.39 is 21.5 Å². The highest BCUT2D eigenvalue weighted by Gasteiger charge is 2.23. The Balaban J connectivity index is 1.63. The Labute approximate surface area is 129 Å². The van der Waals surface area contributed by atoms with Crippen molar-refractivity contribution >= 4 is 26.8 Å². The van der Waals surface area contributed by atoms with Gasteiger partial charge in [0.15, 0.2) is 9.84 Å². The van der Waals surface area contributed by atoms with Crippen molar-refractivity contribution in [1.29, 1.82) is 0 Å². The van der Waals surface area contributed by atoms with E-state index in [4.69, 9.17) is 0 Å². The second kappa shape index (κ2) is 6.08. The topological polar surface area (TPSA) is 91.9 Å². The van der Waals surface area contributed by atoms with Gasteiger partial charge in [-0.15, -0.1) is 0 Å². The molecular formula is C15H19N3O3S. The van der Waals surface area contributed by atoms with Gasteiger partial charge in [0.1, 0.15) is 17.3 Å². The summed E-state index contributed by atoms with van der Waals surface area (Å²) < 4.78 is 24.3. The Morgan fingerprint density at radius 3 is 2.73 bits per heavy atom. The van der Waals surface area contributed by atoms with Gasteiger partial charge in [0.25, 0.3) is 0 Å². The van der Waals surface area contributed by atoms with E-state index in [9.17, 15) is 13.2 Å². The number of imidazole rings is 1. The molecule has 0 unspecified atom stereocenters. The summed E-state index contributed by atoms with van der Waals surface area (Å²) in [4.78, 5) is 19.1. The maximum absolute atomic E-state index is 12.1. The number of carbonyl (C=O) groups is 1. The van der Waals surface area contributed by atoms with Gasteiger partial charge in [-0.05, 0) is 25.0 Å². The van der Waals surface area contributed by atoms with Crippen LogP contribution in [0, 0.1) is 0 Å². The molecule has 0 aliphatic heterocycles. The van der Waals surface area contributed by atoms with Crippen LogP contribution in [0.5, 0.6) is 0 Å². The van der Waals surface area contributed by atoms with Crippen LogP contribution in [0.2, 0.25) is 0 Å². The van der Waals surface area contributed by atoms with E-state index in [-0.39, 0.29) is 11.8 Å². The summed E-state index contributed by atoms with van der Waals surface area (Å²) in [6.45, 7) is 0. The number of nitrogens with one attached hydrogen (secondary N) is 2. The summed E-state index contributed by atoms with van der Waals surface area (Å²) in [7, 11) is -3.53. The van der Waals surface area contributed by atoms with Crippen LogP contribution >= 0.6 is 0 Å². The zero-order valence-corrected chi connectivity index (χ0v) is 13.0. The number of rotatable bonds is 5. The van der Waals surface area contributed by atoms with Crippen LogP contribution < -0.4 is 5.32 Å². The summed E-state index contributed by atoms with van der Waals surface area (Å²) in [5, 5.41) is 2.80. The van der Waals surface area contributed by atoms with E-state index in [2.05, 4.69) is 15.3 Å². The molecule has 0 bridgehead atoms. The number of aromatic amines is 1. The molecule has 22 heavy (non-hydrogen) atoms. The number of sulfone groups is 1. The van der Waals surface area contributed by atoms with Gasteiger partial charge in [-0.2, -0.15) is 0 Å². The molecular weight excluding hydrogens is 302 g/mol. The Morgan fingerprint density at radius 2 is 2.00 bits per heavy atom. The number of H-pyrrole nitrogens is 1. The Morgan fingerprint density at radius 1 is 1.27 bits per heavy atom. The van der Waals surface area contributed by atoms with Gasteiger partial charge in [-0.25, -0.2) is 13.4 Å². The van der Waals surface area contributed by atoms with Gasteiger partial charge in [-0.3, -0.25) is 4.79 Å². The van der Waals surface area contributed by atoms with Crippen LogP contribution in [-0.4, -0.2) is 36.1 Å². The zero-order valence-electron chi connectivity index (χ0n) is 12.2. The first-order chi connectivity index (χ1) is 10.5. The average molecular weight is 321 g/mol. The van der Waals surface area contributed by atoms with E-state index in [1.165, 1.54) is 0 Å². The van der Waals surface area contributed by atoms with Crippen LogP contribution in [0.3, 0.4) is 0 Å².